The second-order valence-electron chi connectivity index (χ2n) is 5.78. The predicted molar refractivity (Wildman–Crippen MR) is 115 cm³/mol. The Balaban J connectivity index is 1.80. The van der Waals surface area contributed by atoms with Crippen LogP contribution < -0.4 is 5.32 Å². The molecule has 2 aromatic rings. The number of anilines is 1. The molecule has 0 aromatic heterocycles. The highest BCUT2D eigenvalue weighted by molar-refractivity contribution is 9.10. The van der Waals surface area contributed by atoms with Gasteiger partial charge in [0.2, 0.25) is 11.8 Å². The Labute approximate surface area is 179 Å². The van der Waals surface area contributed by atoms with Crippen molar-refractivity contribution in [3.8, 4) is 0 Å². The Hall–Kier alpha value is -1.54. The molecule has 2 amide bonds. The molecule has 140 valence electrons. The molecule has 0 spiro atoms. The van der Waals surface area contributed by atoms with Crippen molar-refractivity contribution in [1.29, 1.82) is 0 Å². The fourth-order valence-electron chi connectivity index (χ4n) is 2.37. The minimum Gasteiger partial charge on any atom is -0.325 e. The first kappa shape index (κ1) is 20.2. The molecule has 5 nitrogen and oxygen atoms in total. The van der Waals surface area contributed by atoms with Crippen LogP contribution in [0.5, 0.6) is 0 Å². The van der Waals surface area contributed by atoms with E-state index in [1.807, 2.05) is 12.1 Å². The second-order valence-corrected chi connectivity index (χ2v) is 8.74. The topological polar surface area (TPSA) is 61.8 Å². The third-order valence-electron chi connectivity index (χ3n) is 3.74. The van der Waals surface area contributed by atoms with E-state index in [2.05, 4.69) is 26.2 Å². The van der Waals surface area contributed by atoms with Crippen LogP contribution in [0.15, 0.2) is 51.9 Å². The number of amidine groups is 1. The van der Waals surface area contributed by atoms with Crippen LogP contribution in [0.4, 0.5) is 11.4 Å². The molecular formula is C18H14BrCl2N3O2S. The Morgan fingerprint density at radius 3 is 2.48 bits per heavy atom. The molecule has 1 aliphatic heterocycles. The van der Waals surface area contributed by atoms with E-state index >= 15 is 0 Å². The lowest BCUT2D eigenvalue weighted by molar-refractivity contribution is -0.128. The van der Waals surface area contributed by atoms with Crippen molar-refractivity contribution in [2.75, 3.05) is 12.4 Å². The van der Waals surface area contributed by atoms with Crippen molar-refractivity contribution in [3.63, 3.8) is 0 Å². The summed E-state index contributed by atoms with van der Waals surface area (Å²) in [6, 6.07) is 12.1. The molecule has 0 bridgehead atoms. The number of carbonyl (C=O) groups is 2. The van der Waals surface area contributed by atoms with E-state index in [-0.39, 0.29) is 18.2 Å². The van der Waals surface area contributed by atoms with Gasteiger partial charge in [-0.2, -0.15) is 0 Å². The zero-order valence-electron chi connectivity index (χ0n) is 14.1. The summed E-state index contributed by atoms with van der Waals surface area (Å²) in [5.41, 5.74) is 1.18. The lowest BCUT2D eigenvalue weighted by Gasteiger charge is -2.28. The zero-order valence-corrected chi connectivity index (χ0v) is 18.0. The summed E-state index contributed by atoms with van der Waals surface area (Å²) in [5.74, 6) is -0.433. The molecule has 27 heavy (non-hydrogen) atoms. The molecule has 1 saturated heterocycles. The third kappa shape index (κ3) is 5.25. The summed E-state index contributed by atoms with van der Waals surface area (Å²) in [6.07, 6.45) is 0.0961. The van der Waals surface area contributed by atoms with Crippen LogP contribution in [-0.2, 0) is 9.59 Å². The molecular weight excluding hydrogens is 473 g/mol. The number of rotatable bonds is 3. The van der Waals surface area contributed by atoms with Crippen LogP contribution in [0.2, 0.25) is 10.0 Å². The molecule has 0 saturated carbocycles. The summed E-state index contributed by atoms with van der Waals surface area (Å²) >= 11 is 16.6. The number of nitrogens with one attached hydrogen (secondary N) is 1. The largest absolute Gasteiger partial charge is 0.325 e. The Morgan fingerprint density at radius 1 is 1.22 bits per heavy atom. The number of aliphatic imine (C=N–C) groups is 1. The molecule has 1 fully saturated rings. The monoisotopic (exact) mass is 485 g/mol. The van der Waals surface area contributed by atoms with Gasteiger partial charge in [0.25, 0.3) is 0 Å². The summed E-state index contributed by atoms with van der Waals surface area (Å²) < 4.78 is 0.916. The molecule has 3 rings (SSSR count). The van der Waals surface area contributed by atoms with Gasteiger partial charge in [-0.05, 0) is 42.5 Å². The second kappa shape index (κ2) is 8.65. The fraction of sp³-hybridized carbons (Fsp3) is 0.167. The molecule has 2 aromatic carbocycles. The number of halogens is 3. The lowest BCUT2D eigenvalue weighted by Crippen LogP contribution is -2.43. The van der Waals surface area contributed by atoms with Gasteiger partial charge in [0.15, 0.2) is 5.17 Å². The first-order chi connectivity index (χ1) is 12.8. The molecule has 9 heteroatoms. The van der Waals surface area contributed by atoms with E-state index in [1.165, 1.54) is 16.7 Å². The van der Waals surface area contributed by atoms with Crippen LogP contribution in [-0.4, -0.2) is 34.2 Å². The molecule has 0 aliphatic carbocycles. The van der Waals surface area contributed by atoms with Crippen molar-refractivity contribution >= 4 is 79.3 Å². The van der Waals surface area contributed by atoms with Crippen LogP contribution >= 0.6 is 50.9 Å². The number of benzene rings is 2. The standard InChI is InChI=1S/C18H14BrCl2N3O2S/c1-24-16(25)9-15(17(26)22-13-4-2-10(19)3-5-13)27-18(24)23-14-7-11(20)6-12(21)8-14/h2-8,15H,9H2,1H3,(H,22,26). The maximum atomic E-state index is 12.6. The molecule has 1 atom stereocenters. The first-order valence-electron chi connectivity index (χ1n) is 7.86. The third-order valence-corrected chi connectivity index (χ3v) is 5.95. The highest BCUT2D eigenvalue weighted by atomic mass is 79.9. The number of hydrogen-bond acceptors (Lipinski definition) is 4. The summed E-state index contributed by atoms with van der Waals surface area (Å²) in [7, 11) is 1.63. The van der Waals surface area contributed by atoms with Crippen LogP contribution in [0.1, 0.15) is 6.42 Å². The van der Waals surface area contributed by atoms with Gasteiger partial charge in [0.1, 0.15) is 5.25 Å². The van der Waals surface area contributed by atoms with Crippen LogP contribution in [0.3, 0.4) is 0 Å². The summed E-state index contributed by atoms with van der Waals surface area (Å²) in [6.45, 7) is 0. The number of carbonyl (C=O) groups excluding carboxylic acids is 2. The summed E-state index contributed by atoms with van der Waals surface area (Å²) in [5, 5.41) is 3.56. The van der Waals surface area contributed by atoms with Crippen molar-refractivity contribution in [2.45, 2.75) is 11.7 Å². The van der Waals surface area contributed by atoms with Gasteiger partial charge in [0, 0.05) is 33.7 Å². The van der Waals surface area contributed by atoms with Gasteiger partial charge >= 0.3 is 0 Å². The van der Waals surface area contributed by atoms with E-state index < -0.39 is 5.25 Å². The number of thioether (sulfide) groups is 1. The molecule has 1 heterocycles. The van der Waals surface area contributed by atoms with E-state index in [1.54, 1.807) is 37.4 Å². The zero-order chi connectivity index (χ0) is 19.6. The van der Waals surface area contributed by atoms with Gasteiger partial charge in [-0.1, -0.05) is 50.9 Å². The fourth-order valence-corrected chi connectivity index (χ4v) is 4.21. The highest BCUT2D eigenvalue weighted by Gasteiger charge is 2.34. The van der Waals surface area contributed by atoms with E-state index in [4.69, 9.17) is 23.2 Å². The Morgan fingerprint density at radius 2 is 1.85 bits per heavy atom. The highest BCUT2D eigenvalue weighted by Crippen LogP contribution is 2.31. The molecule has 1 N–H and O–H groups in total. The number of hydrogen-bond donors (Lipinski definition) is 1. The minimum atomic E-state index is -0.578. The minimum absolute atomic E-state index is 0.0961. The average Bonchev–Trinajstić information content (AvgIpc) is 2.60. The quantitative estimate of drug-likeness (QED) is 0.636. The number of nitrogens with zero attached hydrogens (tertiary/aromatic N) is 2. The SMILES string of the molecule is CN1C(=O)CC(C(=O)Nc2ccc(Br)cc2)SC1=Nc1cc(Cl)cc(Cl)c1. The van der Waals surface area contributed by atoms with Gasteiger partial charge in [-0.3, -0.25) is 14.5 Å². The Bertz CT molecular complexity index is 901. The van der Waals surface area contributed by atoms with Crippen molar-refractivity contribution in [3.05, 3.63) is 57.0 Å². The van der Waals surface area contributed by atoms with E-state index in [0.29, 0.717) is 26.6 Å². The van der Waals surface area contributed by atoms with Crippen molar-refractivity contribution in [2.24, 2.45) is 4.99 Å². The normalized spacial score (nSPS) is 18.7. The van der Waals surface area contributed by atoms with Crippen molar-refractivity contribution < 1.29 is 9.59 Å². The van der Waals surface area contributed by atoms with Gasteiger partial charge in [-0.15, -0.1) is 0 Å². The number of amides is 2. The first-order valence-corrected chi connectivity index (χ1v) is 10.3. The van der Waals surface area contributed by atoms with Crippen molar-refractivity contribution in [1.82, 2.24) is 4.90 Å². The van der Waals surface area contributed by atoms with Gasteiger partial charge in [-0.25, -0.2) is 4.99 Å². The lowest BCUT2D eigenvalue weighted by atomic mass is 10.2. The van der Waals surface area contributed by atoms with Gasteiger partial charge in [0.05, 0.1) is 5.69 Å². The van der Waals surface area contributed by atoms with E-state index in [9.17, 15) is 9.59 Å². The molecule has 1 aliphatic rings. The van der Waals surface area contributed by atoms with Gasteiger partial charge < -0.3 is 5.32 Å². The summed E-state index contributed by atoms with van der Waals surface area (Å²) in [4.78, 5) is 30.8. The van der Waals surface area contributed by atoms with Crippen LogP contribution in [0, 0.1) is 0 Å². The molecule has 1 unspecified atom stereocenters. The average molecular weight is 487 g/mol. The molecule has 0 radical (unpaired) electrons. The Kier molecular flexibility index (Phi) is 6.47. The predicted octanol–water partition coefficient (Wildman–Crippen LogP) is 5.35. The maximum Gasteiger partial charge on any atom is 0.238 e. The van der Waals surface area contributed by atoms with E-state index in [0.717, 1.165) is 4.47 Å². The van der Waals surface area contributed by atoms with Crippen LogP contribution in [0.25, 0.3) is 0 Å². The maximum absolute atomic E-state index is 12.6. The smallest absolute Gasteiger partial charge is 0.238 e.